The average Bonchev–Trinajstić information content (AvgIpc) is 2.82. The van der Waals surface area contributed by atoms with Crippen LogP contribution in [0, 0.1) is 5.92 Å². The molecule has 0 spiro atoms. The van der Waals surface area contributed by atoms with Gasteiger partial charge in [0.2, 0.25) is 0 Å². The van der Waals surface area contributed by atoms with Crippen LogP contribution in [0.4, 0.5) is 0 Å². The molecule has 82 valence electrons. The molecule has 1 aromatic rings. The van der Waals surface area contributed by atoms with E-state index in [0.717, 1.165) is 18.2 Å². The van der Waals surface area contributed by atoms with E-state index >= 15 is 0 Å². The first-order valence-electron chi connectivity index (χ1n) is 5.66. The topological polar surface area (TPSA) is 21.3 Å². The van der Waals surface area contributed by atoms with E-state index in [9.17, 15) is 0 Å². The van der Waals surface area contributed by atoms with Gasteiger partial charge in [-0.05, 0) is 49.0 Å². The minimum absolute atomic E-state index is 0.644. The number of ether oxygens (including phenoxy) is 1. The second kappa shape index (κ2) is 4.67. The van der Waals surface area contributed by atoms with Crippen molar-refractivity contribution < 1.29 is 4.74 Å². The lowest BCUT2D eigenvalue weighted by molar-refractivity contribution is 0.414. The molecule has 15 heavy (non-hydrogen) atoms. The smallest absolute Gasteiger partial charge is 0.118 e. The third kappa shape index (κ3) is 2.32. The largest absolute Gasteiger partial charge is 0.497 e. The van der Waals surface area contributed by atoms with Gasteiger partial charge < -0.3 is 10.1 Å². The van der Waals surface area contributed by atoms with Gasteiger partial charge in [-0.25, -0.2) is 0 Å². The van der Waals surface area contributed by atoms with Crippen molar-refractivity contribution in [2.75, 3.05) is 20.2 Å². The van der Waals surface area contributed by atoms with E-state index in [-0.39, 0.29) is 0 Å². The number of methoxy groups -OCH3 is 1. The molecule has 2 heteroatoms. The van der Waals surface area contributed by atoms with Gasteiger partial charge in [0, 0.05) is 0 Å². The highest BCUT2D eigenvalue weighted by molar-refractivity contribution is 5.29. The third-order valence-corrected chi connectivity index (χ3v) is 3.45. The molecule has 0 saturated carbocycles. The summed E-state index contributed by atoms with van der Waals surface area (Å²) in [6, 6.07) is 8.46. The fourth-order valence-electron chi connectivity index (χ4n) is 2.28. The summed E-state index contributed by atoms with van der Waals surface area (Å²) in [5.41, 5.74) is 1.42. The molecule has 1 N–H and O–H groups in total. The Kier molecular flexibility index (Phi) is 3.27. The summed E-state index contributed by atoms with van der Waals surface area (Å²) < 4.78 is 5.16. The van der Waals surface area contributed by atoms with Crippen molar-refractivity contribution >= 4 is 0 Å². The maximum atomic E-state index is 5.16. The molecule has 1 fully saturated rings. The summed E-state index contributed by atoms with van der Waals surface area (Å²) in [7, 11) is 1.71. The Morgan fingerprint density at radius 3 is 2.60 bits per heavy atom. The summed E-state index contributed by atoms with van der Waals surface area (Å²) in [5.74, 6) is 2.37. The van der Waals surface area contributed by atoms with Crippen molar-refractivity contribution in [3.8, 4) is 5.75 Å². The van der Waals surface area contributed by atoms with Gasteiger partial charge in [0.05, 0.1) is 7.11 Å². The van der Waals surface area contributed by atoms with Crippen LogP contribution in [0.5, 0.6) is 5.75 Å². The van der Waals surface area contributed by atoms with E-state index in [1.165, 1.54) is 18.5 Å². The predicted molar refractivity (Wildman–Crippen MR) is 62.4 cm³/mol. The van der Waals surface area contributed by atoms with E-state index in [4.69, 9.17) is 4.74 Å². The summed E-state index contributed by atoms with van der Waals surface area (Å²) in [5, 5.41) is 3.42. The number of nitrogens with one attached hydrogen (secondary N) is 1. The van der Waals surface area contributed by atoms with Crippen molar-refractivity contribution in [3.05, 3.63) is 29.8 Å². The van der Waals surface area contributed by atoms with Crippen LogP contribution >= 0.6 is 0 Å². The number of rotatable bonds is 3. The highest BCUT2D eigenvalue weighted by Crippen LogP contribution is 2.29. The summed E-state index contributed by atoms with van der Waals surface area (Å²) in [6.07, 6.45) is 1.30. The molecule has 0 amide bonds. The van der Waals surface area contributed by atoms with Crippen LogP contribution in [0.15, 0.2) is 24.3 Å². The molecule has 1 aliphatic rings. The van der Waals surface area contributed by atoms with Gasteiger partial charge in [0.15, 0.2) is 0 Å². The number of hydrogen-bond donors (Lipinski definition) is 1. The molecule has 1 heterocycles. The van der Waals surface area contributed by atoms with Gasteiger partial charge in [0.25, 0.3) is 0 Å². The molecule has 2 nitrogen and oxygen atoms in total. The maximum Gasteiger partial charge on any atom is 0.118 e. The molecule has 0 aliphatic carbocycles. The second-order valence-electron chi connectivity index (χ2n) is 4.31. The van der Waals surface area contributed by atoms with Gasteiger partial charge in [-0.15, -0.1) is 0 Å². The zero-order valence-corrected chi connectivity index (χ0v) is 9.49. The Morgan fingerprint density at radius 1 is 1.33 bits per heavy atom. The lowest BCUT2D eigenvalue weighted by Crippen LogP contribution is -2.14. The zero-order valence-electron chi connectivity index (χ0n) is 9.49. The molecule has 1 aromatic carbocycles. The van der Waals surface area contributed by atoms with Crippen molar-refractivity contribution in [3.63, 3.8) is 0 Å². The maximum absolute atomic E-state index is 5.16. The van der Waals surface area contributed by atoms with Crippen molar-refractivity contribution in [2.45, 2.75) is 19.3 Å². The van der Waals surface area contributed by atoms with Crippen LogP contribution in [0.2, 0.25) is 0 Å². The van der Waals surface area contributed by atoms with Gasteiger partial charge in [-0.3, -0.25) is 0 Å². The van der Waals surface area contributed by atoms with E-state index in [2.05, 4.69) is 24.4 Å². The minimum atomic E-state index is 0.644. The molecule has 1 aliphatic heterocycles. The highest BCUT2D eigenvalue weighted by Gasteiger charge is 2.22. The van der Waals surface area contributed by atoms with Crippen LogP contribution in [0.3, 0.4) is 0 Å². The predicted octanol–water partition coefficient (Wildman–Crippen LogP) is 2.41. The average molecular weight is 205 g/mol. The molecular formula is C13H19NO. The molecular weight excluding hydrogens is 186 g/mol. The van der Waals surface area contributed by atoms with Crippen molar-refractivity contribution in [2.24, 2.45) is 5.92 Å². The Bertz CT molecular complexity index is 301. The zero-order chi connectivity index (χ0) is 10.7. The Balaban J connectivity index is 2.07. The fraction of sp³-hybridized carbons (Fsp3) is 0.538. The molecule has 0 radical (unpaired) electrons. The van der Waals surface area contributed by atoms with Gasteiger partial charge >= 0.3 is 0 Å². The van der Waals surface area contributed by atoms with Crippen molar-refractivity contribution in [1.29, 1.82) is 0 Å². The SMILES string of the molecule is COc1ccc(C(C)C2CCNC2)cc1. The van der Waals surface area contributed by atoms with Crippen LogP contribution in [-0.2, 0) is 0 Å². The summed E-state index contributed by atoms with van der Waals surface area (Å²) in [4.78, 5) is 0. The van der Waals surface area contributed by atoms with Gasteiger partial charge in [-0.1, -0.05) is 19.1 Å². The van der Waals surface area contributed by atoms with E-state index < -0.39 is 0 Å². The van der Waals surface area contributed by atoms with E-state index in [0.29, 0.717) is 5.92 Å². The Hall–Kier alpha value is -1.02. The highest BCUT2D eigenvalue weighted by atomic mass is 16.5. The number of hydrogen-bond acceptors (Lipinski definition) is 2. The number of benzene rings is 1. The monoisotopic (exact) mass is 205 g/mol. The first-order valence-corrected chi connectivity index (χ1v) is 5.66. The molecule has 0 aromatic heterocycles. The molecule has 1 saturated heterocycles. The quantitative estimate of drug-likeness (QED) is 0.818. The van der Waals surface area contributed by atoms with Gasteiger partial charge in [-0.2, -0.15) is 0 Å². The first-order chi connectivity index (χ1) is 7.31. The molecule has 0 bridgehead atoms. The first kappa shape index (κ1) is 10.5. The van der Waals surface area contributed by atoms with Crippen LogP contribution in [0.25, 0.3) is 0 Å². The minimum Gasteiger partial charge on any atom is -0.497 e. The summed E-state index contributed by atoms with van der Waals surface area (Å²) >= 11 is 0. The Labute approximate surface area is 91.6 Å². The Morgan fingerprint density at radius 2 is 2.07 bits per heavy atom. The van der Waals surface area contributed by atoms with Gasteiger partial charge in [0.1, 0.15) is 5.75 Å². The van der Waals surface area contributed by atoms with Crippen LogP contribution in [0.1, 0.15) is 24.8 Å². The van der Waals surface area contributed by atoms with E-state index in [1.807, 2.05) is 12.1 Å². The van der Waals surface area contributed by atoms with Crippen LogP contribution in [-0.4, -0.2) is 20.2 Å². The molecule has 2 rings (SSSR count). The van der Waals surface area contributed by atoms with Crippen molar-refractivity contribution in [1.82, 2.24) is 5.32 Å². The normalized spacial score (nSPS) is 22.7. The standard InChI is InChI=1S/C13H19NO/c1-10(12-7-8-14-9-12)11-3-5-13(15-2)6-4-11/h3-6,10,12,14H,7-9H2,1-2H3. The van der Waals surface area contributed by atoms with Crippen LogP contribution < -0.4 is 10.1 Å². The molecule has 2 atom stereocenters. The fourth-order valence-corrected chi connectivity index (χ4v) is 2.28. The lowest BCUT2D eigenvalue weighted by atomic mass is 9.87. The molecule has 2 unspecified atom stereocenters. The second-order valence-corrected chi connectivity index (χ2v) is 4.31. The summed E-state index contributed by atoms with van der Waals surface area (Å²) in [6.45, 7) is 4.65. The lowest BCUT2D eigenvalue weighted by Gasteiger charge is -2.18. The van der Waals surface area contributed by atoms with E-state index in [1.54, 1.807) is 7.11 Å². The third-order valence-electron chi connectivity index (χ3n) is 3.45.